The SMILES string of the molecule is Cc1cc2c(NC(=O)NC3CC(C)(C)CC(C)(CN=C=O)C3)cccc2[nH]1. The lowest BCUT2D eigenvalue weighted by molar-refractivity contribution is 0.0816. The van der Waals surface area contributed by atoms with Gasteiger partial charge < -0.3 is 15.6 Å². The molecule has 144 valence electrons. The van der Waals surface area contributed by atoms with Crippen molar-refractivity contribution >= 4 is 28.7 Å². The van der Waals surface area contributed by atoms with E-state index in [9.17, 15) is 9.59 Å². The summed E-state index contributed by atoms with van der Waals surface area (Å²) in [5.74, 6) is 0. The standard InChI is InChI=1S/C21H28N4O2/c1-14-8-16-17(23-14)6-5-7-18(16)25-19(27)24-15-9-20(2,3)11-21(4,10-15)12-22-13-26/h5-8,15,23H,9-12H2,1-4H3,(H2,24,25,27). The van der Waals surface area contributed by atoms with Crippen LogP contribution in [-0.2, 0) is 4.79 Å². The molecule has 1 aliphatic rings. The van der Waals surface area contributed by atoms with E-state index in [1.165, 1.54) is 0 Å². The molecule has 1 aromatic carbocycles. The van der Waals surface area contributed by atoms with E-state index < -0.39 is 0 Å². The first-order valence-electron chi connectivity index (χ1n) is 9.39. The molecule has 1 aromatic heterocycles. The highest BCUT2D eigenvalue weighted by atomic mass is 16.2. The van der Waals surface area contributed by atoms with Crippen molar-refractivity contribution in [3.63, 3.8) is 0 Å². The third-order valence-corrected chi connectivity index (χ3v) is 5.35. The third kappa shape index (κ3) is 4.58. The molecule has 2 atom stereocenters. The molecular weight excluding hydrogens is 340 g/mol. The van der Waals surface area contributed by atoms with E-state index >= 15 is 0 Å². The Morgan fingerprint density at radius 1 is 1.33 bits per heavy atom. The first kappa shape index (κ1) is 19.2. The minimum atomic E-state index is -0.203. The van der Waals surface area contributed by atoms with E-state index in [0.29, 0.717) is 6.54 Å². The second-order valence-electron chi connectivity index (χ2n) is 8.98. The smallest absolute Gasteiger partial charge is 0.319 e. The Labute approximate surface area is 159 Å². The number of hydrogen-bond acceptors (Lipinski definition) is 3. The largest absolute Gasteiger partial charge is 0.359 e. The summed E-state index contributed by atoms with van der Waals surface area (Å²) in [6.45, 7) is 8.97. The summed E-state index contributed by atoms with van der Waals surface area (Å²) in [6.07, 6.45) is 4.30. The Kier molecular flexibility index (Phi) is 5.11. The molecule has 2 unspecified atom stereocenters. The molecule has 0 saturated heterocycles. The van der Waals surface area contributed by atoms with Crippen molar-refractivity contribution in [3.05, 3.63) is 30.0 Å². The maximum atomic E-state index is 12.6. The highest BCUT2D eigenvalue weighted by molar-refractivity contribution is 6.01. The normalized spacial score (nSPS) is 24.2. The van der Waals surface area contributed by atoms with Crippen molar-refractivity contribution in [1.29, 1.82) is 0 Å². The lowest BCUT2D eigenvalue weighted by atomic mass is 9.62. The number of carbonyl (C=O) groups is 1. The molecule has 1 heterocycles. The molecule has 3 rings (SSSR count). The number of nitrogens with one attached hydrogen (secondary N) is 3. The van der Waals surface area contributed by atoms with Gasteiger partial charge in [-0.3, -0.25) is 0 Å². The average Bonchev–Trinajstić information content (AvgIpc) is 2.92. The molecule has 0 spiro atoms. The van der Waals surface area contributed by atoms with Gasteiger partial charge in [0, 0.05) is 22.6 Å². The van der Waals surface area contributed by atoms with Gasteiger partial charge in [0.2, 0.25) is 6.08 Å². The second-order valence-corrected chi connectivity index (χ2v) is 8.98. The predicted molar refractivity (Wildman–Crippen MR) is 108 cm³/mol. The number of isocyanates is 1. The number of carbonyl (C=O) groups excluding carboxylic acids is 2. The van der Waals surface area contributed by atoms with Gasteiger partial charge in [-0.15, -0.1) is 0 Å². The monoisotopic (exact) mass is 368 g/mol. The number of amides is 2. The summed E-state index contributed by atoms with van der Waals surface area (Å²) >= 11 is 0. The highest BCUT2D eigenvalue weighted by Gasteiger charge is 2.41. The molecule has 0 bridgehead atoms. The molecule has 3 N–H and O–H groups in total. The summed E-state index contributed by atoms with van der Waals surface area (Å²) in [5, 5.41) is 7.11. The number of benzene rings is 1. The zero-order valence-electron chi connectivity index (χ0n) is 16.5. The molecule has 2 aromatic rings. The zero-order chi connectivity index (χ0) is 19.7. The van der Waals surface area contributed by atoms with Gasteiger partial charge in [0.25, 0.3) is 0 Å². The first-order chi connectivity index (χ1) is 12.7. The van der Waals surface area contributed by atoms with Gasteiger partial charge >= 0.3 is 6.03 Å². The van der Waals surface area contributed by atoms with Crippen LogP contribution < -0.4 is 10.6 Å². The molecule has 0 radical (unpaired) electrons. The summed E-state index contributed by atoms with van der Waals surface area (Å²) < 4.78 is 0. The van der Waals surface area contributed by atoms with Gasteiger partial charge in [-0.2, -0.15) is 0 Å². The Morgan fingerprint density at radius 2 is 2.11 bits per heavy atom. The minimum absolute atomic E-state index is 0.0350. The summed E-state index contributed by atoms with van der Waals surface area (Å²) in [7, 11) is 0. The van der Waals surface area contributed by atoms with E-state index in [2.05, 4.69) is 41.4 Å². The highest BCUT2D eigenvalue weighted by Crippen LogP contribution is 2.46. The Balaban J connectivity index is 1.71. The molecule has 2 amide bonds. The number of aromatic nitrogens is 1. The van der Waals surface area contributed by atoms with Crippen molar-refractivity contribution in [2.75, 3.05) is 11.9 Å². The summed E-state index contributed by atoms with van der Waals surface area (Å²) in [6, 6.07) is 7.68. The van der Waals surface area contributed by atoms with Gasteiger partial charge in [0.1, 0.15) is 0 Å². The summed E-state index contributed by atoms with van der Waals surface area (Å²) in [5.41, 5.74) is 2.80. The van der Waals surface area contributed by atoms with Crippen LogP contribution >= 0.6 is 0 Å². The van der Waals surface area contributed by atoms with Crippen LogP contribution in [0.3, 0.4) is 0 Å². The van der Waals surface area contributed by atoms with E-state index in [4.69, 9.17) is 0 Å². The number of fused-ring (bicyclic) bond motifs is 1. The Hall–Kier alpha value is -2.59. The molecule has 1 aliphatic carbocycles. The first-order valence-corrected chi connectivity index (χ1v) is 9.39. The predicted octanol–water partition coefficient (Wildman–Crippen LogP) is 4.52. The fourth-order valence-electron chi connectivity index (χ4n) is 4.83. The van der Waals surface area contributed by atoms with Crippen LogP contribution in [0.2, 0.25) is 0 Å². The van der Waals surface area contributed by atoms with Gasteiger partial charge in [-0.05, 0) is 55.2 Å². The van der Waals surface area contributed by atoms with Crippen LogP contribution in [-0.4, -0.2) is 29.7 Å². The number of aromatic amines is 1. The van der Waals surface area contributed by atoms with Crippen molar-refractivity contribution in [2.24, 2.45) is 15.8 Å². The van der Waals surface area contributed by atoms with Crippen molar-refractivity contribution in [2.45, 2.75) is 53.0 Å². The van der Waals surface area contributed by atoms with Crippen LogP contribution in [0.1, 0.15) is 45.7 Å². The Morgan fingerprint density at radius 3 is 2.85 bits per heavy atom. The van der Waals surface area contributed by atoms with Crippen LogP contribution in [0.5, 0.6) is 0 Å². The zero-order valence-corrected chi connectivity index (χ0v) is 16.5. The van der Waals surface area contributed by atoms with E-state index in [1.807, 2.05) is 31.2 Å². The van der Waals surface area contributed by atoms with E-state index in [-0.39, 0.29) is 22.9 Å². The Bertz CT molecular complexity index is 895. The van der Waals surface area contributed by atoms with Crippen molar-refractivity contribution < 1.29 is 9.59 Å². The average molecular weight is 368 g/mol. The number of aliphatic imine (C=N–C) groups is 1. The summed E-state index contributed by atoms with van der Waals surface area (Å²) in [4.78, 5) is 30.3. The van der Waals surface area contributed by atoms with Gasteiger partial charge in [-0.25, -0.2) is 14.6 Å². The second kappa shape index (κ2) is 7.20. The number of aryl methyl sites for hydroxylation is 1. The molecule has 1 saturated carbocycles. The quantitative estimate of drug-likeness (QED) is 0.547. The van der Waals surface area contributed by atoms with Crippen LogP contribution in [0.4, 0.5) is 10.5 Å². The number of nitrogens with zero attached hydrogens (tertiary/aromatic N) is 1. The molecule has 27 heavy (non-hydrogen) atoms. The van der Waals surface area contributed by atoms with Crippen LogP contribution in [0, 0.1) is 17.8 Å². The van der Waals surface area contributed by atoms with Crippen LogP contribution in [0.15, 0.2) is 29.3 Å². The lowest BCUT2D eigenvalue weighted by Crippen LogP contribution is -2.48. The number of H-pyrrole nitrogens is 1. The molecule has 6 heteroatoms. The van der Waals surface area contributed by atoms with Gasteiger partial charge in [0.05, 0.1) is 12.2 Å². The third-order valence-electron chi connectivity index (χ3n) is 5.35. The molecular formula is C21H28N4O2. The fourth-order valence-corrected chi connectivity index (χ4v) is 4.83. The minimum Gasteiger partial charge on any atom is -0.359 e. The number of urea groups is 1. The van der Waals surface area contributed by atoms with Crippen LogP contribution in [0.25, 0.3) is 10.9 Å². The van der Waals surface area contributed by atoms with Gasteiger partial charge in [-0.1, -0.05) is 26.8 Å². The molecule has 0 aliphatic heterocycles. The van der Waals surface area contributed by atoms with Crippen molar-refractivity contribution in [1.82, 2.24) is 10.3 Å². The maximum Gasteiger partial charge on any atom is 0.319 e. The maximum absolute atomic E-state index is 12.6. The lowest BCUT2D eigenvalue weighted by Gasteiger charge is -2.46. The fraction of sp³-hybridized carbons (Fsp3) is 0.524. The number of hydrogen-bond donors (Lipinski definition) is 3. The topological polar surface area (TPSA) is 86.3 Å². The molecule has 1 fully saturated rings. The number of anilines is 1. The number of rotatable bonds is 4. The van der Waals surface area contributed by atoms with Crippen molar-refractivity contribution in [3.8, 4) is 0 Å². The van der Waals surface area contributed by atoms with E-state index in [0.717, 1.165) is 41.5 Å². The van der Waals surface area contributed by atoms with E-state index in [1.54, 1.807) is 6.08 Å². The van der Waals surface area contributed by atoms with Gasteiger partial charge in [0.15, 0.2) is 0 Å². The molecule has 6 nitrogen and oxygen atoms in total.